The fourth-order valence-electron chi connectivity index (χ4n) is 8.98. The minimum Gasteiger partial charge on any atom is -0.455 e. The van der Waals surface area contributed by atoms with Gasteiger partial charge in [0.05, 0.1) is 36.4 Å². The fourth-order valence-corrected chi connectivity index (χ4v) is 8.98. The van der Waals surface area contributed by atoms with Crippen LogP contribution in [0.3, 0.4) is 0 Å². The first-order chi connectivity index (χ1) is 20.0. The van der Waals surface area contributed by atoms with Crippen LogP contribution in [0.2, 0.25) is 0 Å². The molecule has 3 aliphatic carbocycles. The molecule has 2 saturated carbocycles. The van der Waals surface area contributed by atoms with Crippen molar-refractivity contribution in [2.75, 3.05) is 6.61 Å². The Morgan fingerprint density at radius 2 is 1.70 bits per heavy atom. The molecule has 1 aromatic carbocycles. The maximum Gasteiger partial charge on any atom is 0.338 e. The summed E-state index contributed by atoms with van der Waals surface area (Å²) < 4.78 is 31.8. The first kappa shape index (κ1) is 30.7. The van der Waals surface area contributed by atoms with E-state index in [1.165, 1.54) is 6.92 Å². The molecule has 6 rings (SSSR count). The minimum atomic E-state index is -1.80. The number of fused-ring (bicyclic) bond motifs is 8. The summed E-state index contributed by atoms with van der Waals surface area (Å²) in [4.78, 5) is 26.7. The molecule has 4 fully saturated rings. The first-order valence-corrected chi connectivity index (χ1v) is 15.2. The van der Waals surface area contributed by atoms with Crippen LogP contribution in [0.15, 0.2) is 41.5 Å². The second kappa shape index (κ2) is 9.83. The molecule has 0 aromatic heterocycles. The summed E-state index contributed by atoms with van der Waals surface area (Å²) in [6.45, 7) is 12.3. The molecule has 2 heterocycles. The number of carbonyl (C=O) groups excluding carboxylic acids is 2. The number of rotatable bonds is 3. The van der Waals surface area contributed by atoms with Gasteiger partial charge in [-0.3, -0.25) is 4.79 Å². The first-order valence-electron chi connectivity index (χ1n) is 15.2. The molecule has 236 valence electrons. The van der Waals surface area contributed by atoms with Gasteiger partial charge in [0.2, 0.25) is 0 Å². The Bertz CT molecular complexity index is 1340. The van der Waals surface area contributed by atoms with Crippen LogP contribution in [0.4, 0.5) is 0 Å². The standard InChI is InChI=1S/C33H44O10/c1-17-20(35)13-14-33(38)27(40-28(37)19-11-9-8-10-12-19)25-31(7,21(36)15-22-32(25,16-39-22)41-18(2)34)26-24(23(17)29(33,3)4)42-30(5,6)43-26/h8-12,20-22,24-27,35-36,38H,13-16H2,1-7H3/t20-,21-,22+,24+,25-,26+,27-,31+,32-,33+/m0/s1. The summed E-state index contributed by atoms with van der Waals surface area (Å²) in [7, 11) is 0. The molecule has 10 nitrogen and oxygen atoms in total. The lowest BCUT2D eigenvalue weighted by molar-refractivity contribution is -0.361. The molecule has 43 heavy (non-hydrogen) atoms. The van der Waals surface area contributed by atoms with Crippen LogP contribution in [0.1, 0.15) is 78.1 Å². The van der Waals surface area contributed by atoms with Crippen molar-refractivity contribution in [1.82, 2.24) is 0 Å². The van der Waals surface area contributed by atoms with E-state index < -0.39 is 82.3 Å². The van der Waals surface area contributed by atoms with Crippen molar-refractivity contribution >= 4 is 11.9 Å². The van der Waals surface area contributed by atoms with E-state index in [9.17, 15) is 24.9 Å². The highest BCUT2D eigenvalue weighted by molar-refractivity contribution is 5.89. The molecule has 10 atom stereocenters. The zero-order valence-electron chi connectivity index (χ0n) is 26.0. The lowest BCUT2D eigenvalue weighted by Crippen LogP contribution is -2.81. The van der Waals surface area contributed by atoms with Gasteiger partial charge in [-0.05, 0) is 56.9 Å². The van der Waals surface area contributed by atoms with Crippen LogP contribution < -0.4 is 0 Å². The van der Waals surface area contributed by atoms with E-state index in [4.69, 9.17) is 23.7 Å². The number of aliphatic hydroxyl groups is 3. The molecule has 5 aliphatic rings. The average Bonchev–Trinajstić information content (AvgIpc) is 3.22. The maximum atomic E-state index is 13.9. The Labute approximate surface area is 252 Å². The van der Waals surface area contributed by atoms with E-state index in [1.807, 2.05) is 27.7 Å². The number of ether oxygens (including phenoxy) is 5. The zero-order valence-corrected chi connectivity index (χ0v) is 26.0. The lowest BCUT2D eigenvalue weighted by Gasteiger charge is -2.68. The quantitative estimate of drug-likeness (QED) is 0.350. The monoisotopic (exact) mass is 600 g/mol. The van der Waals surface area contributed by atoms with Gasteiger partial charge in [-0.1, -0.05) is 39.0 Å². The van der Waals surface area contributed by atoms with E-state index in [1.54, 1.807) is 44.2 Å². The lowest BCUT2D eigenvalue weighted by atomic mass is 9.46. The zero-order chi connectivity index (χ0) is 31.3. The van der Waals surface area contributed by atoms with Crippen molar-refractivity contribution in [2.24, 2.45) is 16.7 Å². The average molecular weight is 601 g/mol. The molecule has 0 radical (unpaired) electrons. The molecule has 0 unspecified atom stereocenters. The summed E-state index contributed by atoms with van der Waals surface area (Å²) in [5, 5.41) is 36.6. The van der Waals surface area contributed by atoms with Gasteiger partial charge in [-0.2, -0.15) is 0 Å². The van der Waals surface area contributed by atoms with Crippen LogP contribution in [0.25, 0.3) is 0 Å². The molecule has 0 spiro atoms. The fraction of sp³-hybridized carbons (Fsp3) is 0.697. The molecule has 10 heteroatoms. The Morgan fingerprint density at radius 3 is 2.30 bits per heavy atom. The maximum absolute atomic E-state index is 13.9. The summed E-state index contributed by atoms with van der Waals surface area (Å²) in [5.41, 5.74) is -3.97. The van der Waals surface area contributed by atoms with Crippen LogP contribution in [-0.2, 0) is 28.5 Å². The van der Waals surface area contributed by atoms with E-state index in [0.717, 1.165) is 0 Å². The predicted octanol–water partition coefficient (Wildman–Crippen LogP) is 3.06. The third kappa shape index (κ3) is 4.20. The Morgan fingerprint density at radius 1 is 1.02 bits per heavy atom. The van der Waals surface area contributed by atoms with Crippen LogP contribution in [0.5, 0.6) is 0 Å². The smallest absolute Gasteiger partial charge is 0.338 e. The molecular weight excluding hydrogens is 556 g/mol. The predicted molar refractivity (Wildman–Crippen MR) is 153 cm³/mol. The second-order valence-electron chi connectivity index (χ2n) is 14.3. The Kier molecular flexibility index (Phi) is 7.01. The van der Waals surface area contributed by atoms with E-state index >= 15 is 0 Å². The number of hydrogen-bond acceptors (Lipinski definition) is 10. The third-order valence-electron chi connectivity index (χ3n) is 11.2. The number of hydrogen-bond donors (Lipinski definition) is 3. The molecule has 0 amide bonds. The molecule has 1 aromatic rings. The van der Waals surface area contributed by atoms with Gasteiger partial charge in [0, 0.05) is 24.2 Å². The molecule has 3 N–H and O–H groups in total. The molecule has 2 bridgehead atoms. The highest BCUT2D eigenvalue weighted by Crippen LogP contribution is 2.66. The number of benzene rings is 1. The van der Waals surface area contributed by atoms with Crippen molar-refractivity contribution in [1.29, 1.82) is 0 Å². The van der Waals surface area contributed by atoms with Crippen molar-refractivity contribution in [3.63, 3.8) is 0 Å². The van der Waals surface area contributed by atoms with Gasteiger partial charge < -0.3 is 39.0 Å². The van der Waals surface area contributed by atoms with Gasteiger partial charge in [-0.15, -0.1) is 0 Å². The Balaban J connectivity index is 1.67. The largest absolute Gasteiger partial charge is 0.455 e. The number of aliphatic hydroxyl groups excluding tert-OH is 2. The number of esters is 2. The summed E-state index contributed by atoms with van der Waals surface area (Å²) in [6, 6.07) is 8.49. The normalized spacial score (nSPS) is 44.4. The molecule has 2 saturated heterocycles. The third-order valence-corrected chi connectivity index (χ3v) is 11.2. The van der Waals surface area contributed by atoms with Crippen LogP contribution in [-0.4, -0.2) is 87.5 Å². The van der Waals surface area contributed by atoms with Crippen LogP contribution >= 0.6 is 0 Å². The number of carbonyl (C=O) groups is 2. The summed E-state index contributed by atoms with van der Waals surface area (Å²) in [5.74, 6) is -3.30. The summed E-state index contributed by atoms with van der Waals surface area (Å²) in [6.07, 6.45) is -5.22. The van der Waals surface area contributed by atoms with Crippen LogP contribution in [0, 0.1) is 16.7 Å². The van der Waals surface area contributed by atoms with E-state index in [0.29, 0.717) is 11.1 Å². The van der Waals surface area contributed by atoms with Crippen molar-refractivity contribution < 1.29 is 48.6 Å². The van der Waals surface area contributed by atoms with Gasteiger partial charge in [-0.25, -0.2) is 4.79 Å². The molecule has 2 aliphatic heterocycles. The van der Waals surface area contributed by atoms with Gasteiger partial charge >= 0.3 is 11.9 Å². The summed E-state index contributed by atoms with van der Waals surface area (Å²) >= 11 is 0. The van der Waals surface area contributed by atoms with Gasteiger partial charge in [0.1, 0.15) is 23.9 Å². The second-order valence-corrected chi connectivity index (χ2v) is 14.3. The highest BCUT2D eigenvalue weighted by atomic mass is 16.8. The molecular formula is C33H44O10. The van der Waals surface area contributed by atoms with Crippen molar-refractivity contribution in [3.05, 3.63) is 47.0 Å². The van der Waals surface area contributed by atoms with Gasteiger partial charge in [0.15, 0.2) is 11.4 Å². The van der Waals surface area contributed by atoms with Crippen molar-refractivity contribution in [2.45, 2.75) is 121 Å². The van der Waals surface area contributed by atoms with E-state index in [2.05, 4.69) is 0 Å². The topological polar surface area (TPSA) is 141 Å². The van der Waals surface area contributed by atoms with Gasteiger partial charge in [0.25, 0.3) is 0 Å². The minimum absolute atomic E-state index is 0.00783. The SMILES string of the molecule is CC(=O)O[C@@]12CO[C@@H]1C[C@H](O)[C@@]1(C)[C@@H]3OC(C)(C)O[C@@H]3C3=C(C)[C@@H](O)CC[C@@](O)([C@@H](OC(=O)c4ccccc4)[C@H]21)C3(C)C. The van der Waals surface area contributed by atoms with E-state index in [-0.39, 0.29) is 31.4 Å². The Hall–Kier alpha value is -2.34. The highest BCUT2D eigenvalue weighted by Gasteiger charge is 2.78. The van der Waals surface area contributed by atoms with Crippen molar-refractivity contribution in [3.8, 4) is 0 Å².